The molecule has 9 heteroatoms. The molecule has 1 amide bonds. The molecular formula is C22H26N4O4S. The standard InChI is InChI=1S/C22H26N4O4S/c1-15(2)30-22(27)25-12-10-18(11-13-25)26-21-9-6-17(14-20(21)23-24-26)16-4-7-19(8-5-16)31(3,28)29/h4-9,14-15,18H,10-13H2,1-3H3. The van der Waals surface area contributed by atoms with Gasteiger partial charge < -0.3 is 9.64 Å². The number of piperidine rings is 1. The van der Waals surface area contributed by atoms with E-state index in [-0.39, 0.29) is 18.2 Å². The summed E-state index contributed by atoms with van der Waals surface area (Å²) in [5.41, 5.74) is 3.60. The number of amides is 1. The number of aromatic nitrogens is 3. The Hall–Kier alpha value is -2.94. The molecule has 8 nitrogen and oxygen atoms in total. The van der Waals surface area contributed by atoms with Crippen LogP contribution in [0.5, 0.6) is 0 Å². The zero-order chi connectivity index (χ0) is 22.2. The fourth-order valence-corrected chi connectivity index (χ4v) is 4.49. The molecule has 2 aromatic carbocycles. The summed E-state index contributed by atoms with van der Waals surface area (Å²) in [6.45, 7) is 4.95. The number of carbonyl (C=O) groups is 1. The van der Waals surface area contributed by atoms with E-state index in [1.807, 2.05) is 36.7 Å². The minimum absolute atomic E-state index is 0.124. The normalized spacial score (nSPS) is 15.5. The quantitative estimate of drug-likeness (QED) is 0.612. The molecule has 0 unspecified atom stereocenters. The van der Waals surface area contributed by atoms with Gasteiger partial charge in [-0.2, -0.15) is 0 Å². The lowest BCUT2D eigenvalue weighted by Crippen LogP contribution is -2.40. The van der Waals surface area contributed by atoms with E-state index in [4.69, 9.17) is 4.74 Å². The summed E-state index contributed by atoms with van der Waals surface area (Å²) >= 11 is 0. The highest BCUT2D eigenvalue weighted by Crippen LogP contribution is 2.29. The molecule has 0 bridgehead atoms. The Bertz CT molecular complexity index is 1190. The number of hydrogen-bond acceptors (Lipinski definition) is 6. The van der Waals surface area contributed by atoms with Gasteiger partial charge in [-0.3, -0.25) is 0 Å². The van der Waals surface area contributed by atoms with Gasteiger partial charge in [-0.15, -0.1) is 5.10 Å². The van der Waals surface area contributed by atoms with Crippen LogP contribution in [0.1, 0.15) is 32.7 Å². The zero-order valence-corrected chi connectivity index (χ0v) is 18.7. The van der Waals surface area contributed by atoms with Gasteiger partial charge in [0.15, 0.2) is 9.84 Å². The molecule has 1 fully saturated rings. The number of fused-ring (bicyclic) bond motifs is 1. The number of nitrogens with zero attached hydrogens (tertiary/aromatic N) is 4. The minimum atomic E-state index is -3.22. The molecule has 3 aromatic rings. The predicted octanol–water partition coefficient (Wildman–Crippen LogP) is 3.68. The molecule has 31 heavy (non-hydrogen) atoms. The van der Waals surface area contributed by atoms with Crippen molar-refractivity contribution in [1.82, 2.24) is 19.9 Å². The number of likely N-dealkylation sites (tertiary alicyclic amines) is 1. The Morgan fingerprint density at radius 2 is 1.71 bits per heavy atom. The van der Waals surface area contributed by atoms with E-state index in [1.54, 1.807) is 29.2 Å². The molecular weight excluding hydrogens is 416 g/mol. The van der Waals surface area contributed by atoms with E-state index in [9.17, 15) is 13.2 Å². The van der Waals surface area contributed by atoms with Gasteiger partial charge in [0, 0.05) is 19.3 Å². The second-order valence-corrected chi connectivity index (χ2v) is 10.2. The maximum absolute atomic E-state index is 12.1. The van der Waals surface area contributed by atoms with Crippen molar-refractivity contribution >= 4 is 27.0 Å². The van der Waals surface area contributed by atoms with Crippen molar-refractivity contribution in [2.24, 2.45) is 0 Å². The highest BCUT2D eigenvalue weighted by Gasteiger charge is 2.26. The lowest BCUT2D eigenvalue weighted by Gasteiger charge is -2.31. The third-order valence-electron chi connectivity index (χ3n) is 5.49. The largest absolute Gasteiger partial charge is 0.447 e. The predicted molar refractivity (Wildman–Crippen MR) is 118 cm³/mol. The third-order valence-corrected chi connectivity index (χ3v) is 6.62. The van der Waals surface area contributed by atoms with Crippen LogP contribution in [0.3, 0.4) is 0 Å². The molecule has 0 atom stereocenters. The van der Waals surface area contributed by atoms with Gasteiger partial charge >= 0.3 is 6.09 Å². The van der Waals surface area contributed by atoms with Crippen LogP contribution in [0.4, 0.5) is 4.79 Å². The zero-order valence-electron chi connectivity index (χ0n) is 17.9. The lowest BCUT2D eigenvalue weighted by atomic mass is 10.0. The maximum atomic E-state index is 12.1. The number of hydrogen-bond donors (Lipinski definition) is 0. The Labute approximate surface area is 181 Å². The van der Waals surface area contributed by atoms with Crippen molar-refractivity contribution in [1.29, 1.82) is 0 Å². The SMILES string of the molecule is CC(C)OC(=O)N1CCC(n2nnc3cc(-c4ccc(S(C)(=O)=O)cc4)ccc32)CC1. The Morgan fingerprint density at radius 3 is 2.32 bits per heavy atom. The average molecular weight is 443 g/mol. The highest BCUT2D eigenvalue weighted by atomic mass is 32.2. The topological polar surface area (TPSA) is 94.4 Å². The van der Waals surface area contributed by atoms with E-state index in [2.05, 4.69) is 10.3 Å². The Balaban J connectivity index is 1.50. The van der Waals surface area contributed by atoms with Crippen molar-refractivity contribution in [2.45, 2.75) is 43.7 Å². The molecule has 0 saturated carbocycles. The summed E-state index contributed by atoms with van der Waals surface area (Å²) in [6, 6.07) is 13.0. The number of carbonyl (C=O) groups excluding carboxylic acids is 1. The van der Waals surface area contributed by atoms with Crippen LogP contribution in [0.15, 0.2) is 47.4 Å². The molecule has 0 N–H and O–H groups in total. The van der Waals surface area contributed by atoms with Gasteiger partial charge in [0.25, 0.3) is 0 Å². The molecule has 0 aliphatic carbocycles. The van der Waals surface area contributed by atoms with Crippen molar-refractivity contribution in [3.8, 4) is 11.1 Å². The molecule has 164 valence electrons. The molecule has 1 aromatic heterocycles. The van der Waals surface area contributed by atoms with E-state index >= 15 is 0 Å². The summed E-state index contributed by atoms with van der Waals surface area (Å²) in [5, 5.41) is 8.71. The summed E-state index contributed by atoms with van der Waals surface area (Å²) in [6.07, 6.45) is 2.40. The minimum Gasteiger partial charge on any atom is -0.447 e. The molecule has 2 heterocycles. The van der Waals surface area contributed by atoms with Crippen LogP contribution in [-0.2, 0) is 14.6 Å². The van der Waals surface area contributed by atoms with Crippen LogP contribution in [0.25, 0.3) is 22.2 Å². The van der Waals surface area contributed by atoms with Gasteiger partial charge in [0.2, 0.25) is 0 Å². The van der Waals surface area contributed by atoms with Crippen LogP contribution in [0.2, 0.25) is 0 Å². The van der Waals surface area contributed by atoms with E-state index in [0.717, 1.165) is 35.0 Å². The maximum Gasteiger partial charge on any atom is 0.410 e. The van der Waals surface area contributed by atoms with E-state index in [0.29, 0.717) is 18.0 Å². The lowest BCUT2D eigenvalue weighted by molar-refractivity contribution is 0.0655. The fourth-order valence-electron chi connectivity index (χ4n) is 3.85. The number of sulfone groups is 1. The fraction of sp³-hybridized carbons (Fsp3) is 0.409. The van der Waals surface area contributed by atoms with Gasteiger partial charge in [0.1, 0.15) is 5.52 Å². The molecule has 1 aliphatic heterocycles. The summed E-state index contributed by atoms with van der Waals surface area (Å²) in [5.74, 6) is 0. The summed E-state index contributed by atoms with van der Waals surface area (Å²) in [7, 11) is -3.22. The second kappa shape index (κ2) is 8.30. The van der Waals surface area contributed by atoms with Crippen LogP contribution < -0.4 is 0 Å². The third kappa shape index (κ3) is 4.56. The number of rotatable bonds is 4. The van der Waals surface area contributed by atoms with Crippen LogP contribution in [0, 0.1) is 0 Å². The number of benzene rings is 2. The summed E-state index contributed by atoms with van der Waals surface area (Å²) in [4.78, 5) is 14.1. The number of ether oxygens (including phenoxy) is 1. The van der Waals surface area contributed by atoms with E-state index in [1.165, 1.54) is 6.26 Å². The Morgan fingerprint density at radius 1 is 1.06 bits per heavy atom. The monoisotopic (exact) mass is 442 g/mol. The van der Waals surface area contributed by atoms with Gasteiger partial charge in [-0.25, -0.2) is 17.9 Å². The molecule has 4 rings (SSSR count). The first-order valence-corrected chi connectivity index (χ1v) is 12.2. The Kier molecular flexibility index (Phi) is 5.70. The van der Waals surface area contributed by atoms with Crippen molar-refractivity contribution in [3.05, 3.63) is 42.5 Å². The van der Waals surface area contributed by atoms with Gasteiger partial charge in [-0.1, -0.05) is 23.4 Å². The van der Waals surface area contributed by atoms with Crippen molar-refractivity contribution in [2.75, 3.05) is 19.3 Å². The smallest absolute Gasteiger partial charge is 0.410 e. The van der Waals surface area contributed by atoms with Crippen LogP contribution in [-0.4, -0.2) is 59.9 Å². The average Bonchev–Trinajstić information content (AvgIpc) is 3.16. The van der Waals surface area contributed by atoms with E-state index < -0.39 is 9.84 Å². The first-order valence-electron chi connectivity index (χ1n) is 10.3. The van der Waals surface area contributed by atoms with Crippen LogP contribution >= 0.6 is 0 Å². The van der Waals surface area contributed by atoms with Gasteiger partial charge in [-0.05, 0) is 62.1 Å². The molecule has 0 spiro atoms. The van der Waals surface area contributed by atoms with Crippen molar-refractivity contribution < 1.29 is 17.9 Å². The first kappa shape index (κ1) is 21.3. The molecule has 0 radical (unpaired) electrons. The second-order valence-electron chi connectivity index (χ2n) is 8.18. The molecule has 1 saturated heterocycles. The molecule has 1 aliphatic rings. The van der Waals surface area contributed by atoms with Crippen molar-refractivity contribution in [3.63, 3.8) is 0 Å². The van der Waals surface area contributed by atoms with Gasteiger partial charge in [0.05, 0.1) is 22.6 Å². The summed E-state index contributed by atoms with van der Waals surface area (Å²) < 4.78 is 30.6. The highest BCUT2D eigenvalue weighted by molar-refractivity contribution is 7.90. The first-order chi connectivity index (χ1) is 14.7.